The second-order valence-corrected chi connectivity index (χ2v) is 4.46. The standard InChI is InChI=1S/C8H14Br/c1-2-3-5-8(9)6-4-7-8/h6H,2-5,7H2,1H3. The fraction of sp³-hybridized carbons (Fsp3) is 0.875. The monoisotopic (exact) mass is 189 g/mol. The number of unbranched alkanes of at least 4 members (excludes halogenated alkanes) is 1. The van der Waals surface area contributed by atoms with Crippen molar-refractivity contribution in [2.45, 2.75) is 43.4 Å². The molecule has 53 valence electrons. The molecule has 0 aromatic rings. The van der Waals surface area contributed by atoms with Crippen LogP contribution in [0.5, 0.6) is 0 Å². The maximum absolute atomic E-state index is 3.71. The van der Waals surface area contributed by atoms with Gasteiger partial charge in [-0.1, -0.05) is 35.7 Å². The van der Waals surface area contributed by atoms with Crippen LogP contribution in [-0.2, 0) is 0 Å². The molecular formula is C8H14Br. The molecule has 1 fully saturated rings. The quantitative estimate of drug-likeness (QED) is 0.599. The van der Waals surface area contributed by atoms with Crippen LogP contribution in [-0.4, -0.2) is 4.32 Å². The molecule has 0 aromatic carbocycles. The van der Waals surface area contributed by atoms with Crippen LogP contribution < -0.4 is 0 Å². The molecule has 0 N–H and O–H groups in total. The Bertz CT molecular complexity index is 84.6. The molecule has 0 aliphatic heterocycles. The number of rotatable bonds is 3. The maximum atomic E-state index is 3.71. The Kier molecular flexibility index (Phi) is 2.57. The second-order valence-electron chi connectivity index (χ2n) is 2.88. The van der Waals surface area contributed by atoms with Gasteiger partial charge in [-0.05, 0) is 25.7 Å². The lowest BCUT2D eigenvalue weighted by molar-refractivity contribution is 0.447. The molecule has 1 atom stereocenters. The molecule has 0 nitrogen and oxygen atoms in total. The Morgan fingerprint density at radius 1 is 1.67 bits per heavy atom. The number of hydrogen-bond acceptors (Lipinski definition) is 0. The molecule has 0 saturated heterocycles. The van der Waals surface area contributed by atoms with E-state index in [1.54, 1.807) is 0 Å². The predicted molar refractivity (Wildman–Crippen MR) is 44.7 cm³/mol. The van der Waals surface area contributed by atoms with Gasteiger partial charge in [-0.25, -0.2) is 0 Å². The molecule has 1 saturated carbocycles. The zero-order chi connectivity index (χ0) is 6.74. The van der Waals surface area contributed by atoms with Crippen molar-refractivity contribution in [2.75, 3.05) is 0 Å². The van der Waals surface area contributed by atoms with Crippen molar-refractivity contribution in [3.63, 3.8) is 0 Å². The lowest BCUT2D eigenvalue weighted by atomic mass is 9.81. The van der Waals surface area contributed by atoms with E-state index in [9.17, 15) is 0 Å². The first-order chi connectivity index (χ1) is 4.27. The smallest absolute Gasteiger partial charge is 0.0289 e. The average Bonchev–Trinajstić information content (AvgIpc) is 1.79. The third-order valence-corrected chi connectivity index (χ3v) is 3.13. The maximum Gasteiger partial charge on any atom is 0.0289 e. The molecule has 1 aliphatic rings. The molecule has 1 unspecified atom stereocenters. The van der Waals surface area contributed by atoms with Crippen LogP contribution in [0.3, 0.4) is 0 Å². The summed E-state index contributed by atoms with van der Waals surface area (Å²) in [5.41, 5.74) is 0. The first-order valence-corrected chi connectivity index (χ1v) is 4.59. The minimum atomic E-state index is 0.461. The summed E-state index contributed by atoms with van der Waals surface area (Å²) in [6, 6.07) is 0. The van der Waals surface area contributed by atoms with E-state index in [4.69, 9.17) is 0 Å². The van der Waals surface area contributed by atoms with E-state index in [1.807, 2.05) is 0 Å². The summed E-state index contributed by atoms with van der Waals surface area (Å²) < 4.78 is 0.461. The van der Waals surface area contributed by atoms with Gasteiger partial charge in [-0.15, -0.1) is 0 Å². The molecule has 9 heavy (non-hydrogen) atoms. The van der Waals surface area contributed by atoms with Crippen molar-refractivity contribution in [1.29, 1.82) is 0 Å². The zero-order valence-electron chi connectivity index (χ0n) is 5.99. The topological polar surface area (TPSA) is 0 Å². The van der Waals surface area contributed by atoms with Gasteiger partial charge < -0.3 is 0 Å². The van der Waals surface area contributed by atoms with Gasteiger partial charge in [0.25, 0.3) is 0 Å². The molecular weight excluding hydrogens is 176 g/mol. The van der Waals surface area contributed by atoms with Gasteiger partial charge in [0.2, 0.25) is 0 Å². The average molecular weight is 190 g/mol. The van der Waals surface area contributed by atoms with Crippen molar-refractivity contribution in [3.8, 4) is 0 Å². The highest BCUT2D eigenvalue weighted by Crippen LogP contribution is 2.42. The SMILES string of the molecule is CCCCC1(Br)[CH]CC1. The van der Waals surface area contributed by atoms with Crippen molar-refractivity contribution < 1.29 is 0 Å². The Hall–Kier alpha value is 0.480. The van der Waals surface area contributed by atoms with Crippen LogP contribution in [0.4, 0.5) is 0 Å². The molecule has 0 spiro atoms. The van der Waals surface area contributed by atoms with Crippen LogP contribution in [0.25, 0.3) is 0 Å². The lowest BCUT2D eigenvalue weighted by Crippen LogP contribution is -2.30. The largest absolute Gasteiger partial charge is 0.0850 e. The van der Waals surface area contributed by atoms with Crippen molar-refractivity contribution in [2.24, 2.45) is 0 Å². The van der Waals surface area contributed by atoms with E-state index < -0.39 is 0 Å². The summed E-state index contributed by atoms with van der Waals surface area (Å²) in [6.45, 7) is 2.25. The van der Waals surface area contributed by atoms with Gasteiger partial charge in [-0.3, -0.25) is 0 Å². The molecule has 0 amide bonds. The highest BCUT2D eigenvalue weighted by atomic mass is 79.9. The van der Waals surface area contributed by atoms with Gasteiger partial charge in [-0.2, -0.15) is 0 Å². The molecule has 0 aromatic heterocycles. The minimum absolute atomic E-state index is 0.461. The molecule has 1 heteroatoms. The van der Waals surface area contributed by atoms with E-state index in [1.165, 1.54) is 32.1 Å². The van der Waals surface area contributed by atoms with Gasteiger partial charge in [0.1, 0.15) is 0 Å². The first kappa shape index (κ1) is 7.59. The normalized spacial score (nSPS) is 23.3. The van der Waals surface area contributed by atoms with Crippen LogP contribution >= 0.6 is 15.9 Å². The second kappa shape index (κ2) is 3.05. The highest BCUT2D eigenvalue weighted by molar-refractivity contribution is 9.10. The summed E-state index contributed by atoms with van der Waals surface area (Å²) in [5, 5.41) is 0. The minimum Gasteiger partial charge on any atom is -0.0850 e. The molecule has 1 rings (SSSR count). The van der Waals surface area contributed by atoms with E-state index in [0.29, 0.717) is 4.32 Å². The Balaban J connectivity index is 2.09. The van der Waals surface area contributed by atoms with E-state index in [2.05, 4.69) is 29.3 Å². The predicted octanol–water partition coefficient (Wildman–Crippen LogP) is 3.31. The van der Waals surface area contributed by atoms with Crippen LogP contribution in [0.2, 0.25) is 0 Å². The fourth-order valence-corrected chi connectivity index (χ4v) is 1.89. The van der Waals surface area contributed by atoms with E-state index >= 15 is 0 Å². The summed E-state index contributed by atoms with van der Waals surface area (Å²) in [6.07, 6.45) is 9.08. The van der Waals surface area contributed by atoms with E-state index in [-0.39, 0.29) is 0 Å². The Morgan fingerprint density at radius 3 is 2.67 bits per heavy atom. The fourth-order valence-electron chi connectivity index (χ4n) is 1.16. The summed E-state index contributed by atoms with van der Waals surface area (Å²) in [5.74, 6) is 0. The van der Waals surface area contributed by atoms with Gasteiger partial charge in [0.05, 0.1) is 0 Å². The van der Waals surface area contributed by atoms with Crippen LogP contribution in [0.1, 0.15) is 39.0 Å². The Labute approximate surface area is 66.2 Å². The number of hydrogen-bond donors (Lipinski definition) is 0. The molecule has 1 radical (unpaired) electrons. The molecule has 0 heterocycles. The molecule has 0 bridgehead atoms. The van der Waals surface area contributed by atoms with Crippen molar-refractivity contribution in [3.05, 3.63) is 6.42 Å². The van der Waals surface area contributed by atoms with Gasteiger partial charge in [0, 0.05) is 4.32 Å². The third-order valence-electron chi connectivity index (χ3n) is 2.02. The number of alkyl halides is 1. The van der Waals surface area contributed by atoms with Crippen LogP contribution in [0.15, 0.2) is 0 Å². The van der Waals surface area contributed by atoms with Crippen molar-refractivity contribution >= 4 is 15.9 Å². The lowest BCUT2D eigenvalue weighted by Gasteiger charge is -2.35. The molecule has 1 aliphatic carbocycles. The Morgan fingerprint density at radius 2 is 2.33 bits per heavy atom. The summed E-state index contributed by atoms with van der Waals surface area (Å²) in [7, 11) is 0. The van der Waals surface area contributed by atoms with Gasteiger partial charge >= 0.3 is 0 Å². The summed E-state index contributed by atoms with van der Waals surface area (Å²) >= 11 is 3.71. The van der Waals surface area contributed by atoms with Crippen LogP contribution in [0, 0.1) is 6.42 Å². The number of halogens is 1. The summed E-state index contributed by atoms with van der Waals surface area (Å²) in [4.78, 5) is 0. The third kappa shape index (κ3) is 1.96. The zero-order valence-corrected chi connectivity index (χ0v) is 7.58. The first-order valence-electron chi connectivity index (χ1n) is 3.80. The van der Waals surface area contributed by atoms with Crippen molar-refractivity contribution in [1.82, 2.24) is 0 Å². The van der Waals surface area contributed by atoms with Gasteiger partial charge in [0.15, 0.2) is 0 Å². The highest BCUT2D eigenvalue weighted by Gasteiger charge is 2.32. The van der Waals surface area contributed by atoms with E-state index in [0.717, 1.165) is 0 Å².